The van der Waals surface area contributed by atoms with Crippen molar-refractivity contribution in [3.8, 4) is 5.75 Å². The van der Waals surface area contributed by atoms with Gasteiger partial charge in [0, 0.05) is 11.6 Å². The summed E-state index contributed by atoms with van der Waals surface area (Å²) in [6, 6.07) is 5.89. The minimum Gasteiger partial charge on any atom is -0.435 e. The molecule has 0 bridgehead atoms. The van der Waals surface area contributed by atoms with Crippen molar-refractivity contribution in [2.24, 2.45) is 0 Å². The van der Waals surface area contributed by atoms with Crippen molar-refractivity contribution >= 4 is 30.1 Å². The maximum Gasteiger partial charge on any atom is 0.387 e. The van der Waals surface area contributed by atoms with E-state index in [1.807, 2.05) is 6.92 Å². The van der Waals surface area contributed by atoms with E-state index in [0.29, 0.717) is 0 Å². The second-order valence-corrected chi connectivity index (χ2v) is 5.48. The highest BCUT2D eigenvalue weighted by Gasteiger charge is 2.23. The maximum absolute atomic E-state index is 12.2. The molecule has 1 aromatic carbocycles. The Balaban J connectivity index is 0.00000220. The minimum atomic E-state index is -2.85. The third-order valence-corrected chi connectivity index (χ3v) is 3.91. The number of hydrogen-bond donors (Lipinski definition) is 2. The van der Waals surface area contributed by atoms with Gasteiger partial charge in [0.2, 0.25) is 5.91 Å². The van der Waals surface area contributed by atoms with Crippen LogP contribution < -0.4 is 15.4 Å². The molecule has 1 heterocycles. The molecule has 21 heavy (non-hydrogen) atoms. The molecule has 0 radical (unpaired) electrons. The van der Waals surface area contributed by atoms with E-state index in [1.54, 1.807) is 23.9 Å². The fourth-order valence-corrected chi connectivity index (χ4v) is 2.86. The van der Waals surface area contributed by atoms with Gasteiger partial charge in [0.25, 0.3) is 0 Å². The molecule has 1 fully saturated rings. The average molecular weight is 339 g/mol. The Kier molecular flexibility index (Phi) is 7.21. The van der Waals surface area contributed by atoms with Gasteiger partial charge in [0.05, 0.1) is 12.1 Å². The topological polar surface area (TPSA) is 50.4 Å². The van der Waals surface area contributed by atoms with Crippen molar-refractivity contribution in [3.63, 3.8) is 0 Å². The van der Waals surface area contributed by atoms with Crippen LogP contribution in [0.1, 0.15) is 18.5 Å². The standard InChI is InChI=1S/C13H16F2N2O2S.ClH/c1-8(17-12(18)11-6-20-7-16-11)9-3-2-4-10(5-9)19-13(14)15;/h2-5,8,11,13,16H,6-7H2,1H3,(H,17,18);1H. The highest BCUT2D eigenvalue weighted by Crippen LogP contribution is 2.21. The van der Waals surface area contributed by atoms with Crippen molar-refractivity contribution < 1.29 is 18.3 Å². The SMILES string of the molecule is CC(NC(=O)C1CSCN1)c1cccc(OC(F)F)c1.Cl. The van der Waals surface area contributed by atoms with Gasteiger partial charge in [-0.05, 0) is 24.6 Å². The Bertz CT molecular complexity index is 473. The zero-order chi connectivity index (χ0) is 14.5. The van der Waals surface area contributed by atoms with Gasteiger partial charge in [-0.1, -0.05) is 12.1 Å². The van der Waals surface area contributed by atoms with E-state index in [4.69, 9.17) is 0 Å². The molecule has 2 N–H and O–H groups in total. The molecule has 1 saturated heterocycles. The highest BCUT2D eigenvalue weighted by molar-refractivity contribution is 7.99. The summed E-state index contributed by atoms with van der Waals surface area (Å²) in [6.45, 7) is -1.04. The Labute approximate surface area is 132 Å². The van der Waals surface area contributed by atoms with Crippen molar-refractivity contribution in [2.75, 3.05) is 11.6 Å². The fraction of sp³-hybridized carbons (Fsp3) is 0.462. The molecule has 4 nitrogen and oxygen atoms in total. The summed E-state index contributed by atoms with van der Waals surface area (Å²) in [5, 5.41) is 5.94. The molecule has 2 rings (SSSR count). The predicted octanol–water partition coefficient (Wildman–Crippen LogP) is 2.55. The lowest BCUT2D eigenvalue weighted by molar-refractivity contribution is -0.123. The monoisotopic (exact) mass is 338 g/mol. The summed E-state index contributed by atoms with van der Waals surface area (Å²) in [5.41, 5.74) is 0.724. The molecule has 0 saturated carbocycles. The number of carbonyl (C=O) groups is 1. The molecule has 1 aliphatic heterocycles. The van der Waals surface area contributed by atoms with Crippen molar-refractivity contribution in [1.29, 1.82) is 0 Å². The zero-order valence-corrected chi connectivity index (χ0v) is 13.0. The largest absolute Gasteiger partial charge is 0.435 e. The van der Waals surface area contributed by atoms with Crippen LogP contribution in [0.2, 0.25) is 0 Å². The van der Waals surface area contributed by atoms with Crippen LogP contribution in [0.25, 0.3) is 0 Å². The highest BCUT2D eigenvalue weighted by atomic mass is 35.5. The van der Waals surface area contributed by atoms with E-state index >= 15 is 0 Å². The number of thioether (sulfide) groups is 1. The van der Waals surface area contributed by atoms with Crippen molar-refractivity contribution in [3.05, 3.63) is 29.8 Å². The predicted molar refractivity (Wildman–Crippen MR) is 81.1 cm³/mol. The van der Waals surface area contributed by atoms with E-state index in [0.717, 1.165) is 17.2 Å². The van der Waals surface area contributed by atoms with Gasteiger partial charge in [-0.2, -0.15) is 8.78 Å². The third kappa shape index (κ3) is 5.33. The molecule has 8 heteroatoms. The van der Waals surface area contributed by atoms with Crippen LogP contribution in [0.15, 0.2) is 24.3 Å². The van der Waals surface area contributed by atoms with Crippen LogP contribution in [0, 0.1) is 0 Å². The van der Waals surface area contributed by atoms with Crippen LogP contribution >= 0.6 is 24.2 Å². The number of alkyl halides is 2. The number of amides is 1. The molecule has 1 aliphatic rings. The Hall–Kier alpha value is -1.05. The smallest absolute Gasteiger partial charge is 0.387 e. The first-order valence-electron chi connectivity index (χ1n) is 6.22. The fourth-order valence-electron chi connectivity index (χ4n) is 1.92. The van der Waals surface area contributed by atoms with Gasteiger partial charge in [0.1, 0.15) is 5.75 Å². The number of ether oxygens (including phenoxy) is 1. The first kappa shape index (κ1) is 18.0. The summed E-state index contributed by atoms with van der Waals surface area (Å²) in [7, 11) is 0. The van der Waals surface area contributed by atoms with Gasteiger partial charge in [-0.25, -0.2) is 0 Å². The number of benzene rings is 1. The van der Waals surface area contributed by atoms with Crippen molar-refractivity contribution in [1.82, 2.24) is 10.6 Å². The van der Waals surface area contributed by atoms with Crippen LogP contribution in [-0.4, -0.2) is 30.2 Å². The van der Waals surface area contributed by atoms with Crippen LogP contribution in [0.4, 0.5) is 8.78 Å². The minimum absolute atomic E-state index is 0. The summed E-state index contributed by atoms with van der Waals surface area (Å²) >= 11 is 1.67. The van der Waals surface area contributed by atoms with E-state index < -0.39 is 6.61 Å². The summed E-state index contributed by atoms with van der Waals surface area (Å²) in [6.07, 6.45) is 0. The lowest BCUT2D eigenvalue weighted by Crippen LogP contribution is -2.42. The molecule has 1 aromatic rings. The molecular weight excluding hydrogens is 322 g/mol. The summed E-state index contributed by atoms with van der Waals surface area (Å²) in [4.78, 5) is 12.0. The molecule has 1 amide bonds. The Morgan fingerprint density at radius 3 is 2.90 bits per heavy atom. The van der Waals surface area contributed by atoms with Gasteiger partial charge < -0.3 is 10.1 Å². The lowest BCUT2D eigenvalue weighted by Gasteiger charge is -2.18. The van der Waals surface area contributed by atoms with Crippen LogP contribution in [0.5, 0.6) is 5.75 Å². The first-order valence-corrected chi connectivity index (χ1v) is 7.38. The van der Waals surface area contributed by atoms with Gasteiger partial charge in [-0.3, -0.25) is 10.1 Å². The molecule has 0 spiro atoms. The van der Waals surface area contributed by atoms with Crippen LogP contribution in [0.3, 0.4) is 0 Å². The van der Waals surface area contributed by atoms with Crippen LogP contribution in [-0.2, 0) is 4.79 Å². The van der Waals surface area contributed by atoms with Crippen molar-refractivity contribution in [2.45, 2.75) is 25.6 Å². The second-order valence-electron chi connectivity index (χ2n) is 4.45. The molecule has 2 unspecified atom stereocenters. The summed E-state index contributed by atoms with van der Waals surface area (Å²) in [5.74, 6) is 1.52. The molecule has 118 valence electrons. The van der Waals surface area contributed by atoms with Gasteiger partial charge >= 0.3 is 6.61 Å². The number of halogens is 3. The molecule has 2 atom stereocenters. The lowest BCUT2D eigenvalue weighted by atomic mass is 10.1. The van der Waals surface area contributed by atoms with Gasteiger partial charge in [-0.15, -0.1) is 24.2 Å². The number of hydrogen-bond acceptors (Lipinski definition) is 4. The second kappa shape index (κ2) is 8.41. The Morgan fingerprint density at radius 1 is 1.52 bits per heavy atom. The van der Waals surface area contributed by atoms with Gasteiger partial charge in [0.15, 0.2) is 0 Å². The zero-order valence-electron chi connectivity index (χ0n) is 11.3. The third-order valence-electron chi connectivity index (χ3n) is 2.97. The number of rotatable bonds is 5. The molecule has 0 aromatic heterocycles. The van der Waals surface area contributed by atoms with E-state index in [1.165, 1.54) is 12.1 Å². The van der Waals surface area contributed by atoms with E-state index in [-0.39, 0.29) is 36.1 Å². The Morgan fingerprint density at radius 2 is 2.29 bits per heavy atom. The number of carbonyl (C=O) groups excluding carboxylic acids is 1. The van der Waals surface area contributed by atoms with E-state index in [9.17, 15) is 13.6 Å². The first-order chi connectivity index (χ1) is 9.56. The summed E-state index contributed by atoms with van der Waals surface area (Å²) < 4.78 is 28.7. The molecule has 0 aliphatic carbocycles. The quantitative estimate of drug-likeness (QED) is 0.866. The maximum atomic E-state index is 12.2. The van der Waals surface area contributed by atoms with E-state index in [2.05, 4.69) is 15.4 Å². The number of nitrogens with one attached hydrogen (secondary N) is 2. The molecular formula is C13H17ClF2N2O2S. The average Bonchev–Trinajstić information content (AvgIpc) is 2.92. The normalized spacial score (nSPS) is 19.0.